The predicted molar refractivity (Wildman–Crippen MR) is 95.4 cm³/mol. The van der Waals surface area contributed by atoms with Crippen molar-refractivity contribution in [3.8, 4) is 0 Å². The number of anilines is 2. The van der Waals surface area contributed by atoms with Crippen molar-refractivity contribution >= 4 is 34.9 Å². The number of nitrogens with one attached hydrogen (secondary N) is 2. The van der Waals surface area contributed by atoms with Crippen LogP contribution in [0.2, 0.25) is 5.02 Å². The number of hydrogen-bond donors (Lipinski definition) is 2. The summed E-state index contributed by atoms with van der Waals surface area (Å²) >= 11 is 5.88. The lowest BCUT2D eigenvalue weighted by atomic mass is 10.1. The van der Waals surface area contributed by atoms with E-state index in [0.717, 1.165) is 11.4 Å². The fourth-order valence-electron chi connectivity index (χ4n) is 2.72. The number of hydrogen-bond acceptors (Lipinski definition) is 2. The average molecular weight is 344 g/mol. The Balaban J connectivity index is 1.51. The first-order valence-electron chi connectivity index (χ1n) is 7.77. The summed E-state index contributed by atoms with van der Waals surface area (Å²) in [6.45, 7) is 1.04. The summed E-state index contributed by atoms with van der Waals surface area (Å²) in [7, 11) is 0. The van der Waals surface area contributed by atoms with Gasteiger partial charge in [0.25, 0.3) is 0 Å². The summed E-state index contributed by atoms with van der Waals surface area (Å²) in [6.07, 6.45) is 0.425. The van der Waals surface area contributed by atoms with E-state index in [0.29, 0.717) is 24.5 Å². The van der Waals surface area contributed by atoms with Gasteiger partial charge in [0.05, 0.1) is 0 Å². The third-order valence-electron chi connectivity index (χ3n) is 3.93. The third kappa shape index (κ3) is 4.06. The minimum atomic E-state index is -0.265. The van der Waals surface area contributed by atoms with Gasteiger partial charge in [-0.3, -0.25) is 4.79 Å². The quantitative estimate of drug-likeness (QED) is 0.892. The molecule has 1 atom stereocenters. The average Bonchev–Trinajstić information content (AvgIpc) is 2.95. The molecule has 1 heterocycles. The molecule has 1 aliphatic heterocycles. The molecule has 0 radical (unpaired) electrons. The van der Waals surface area contributed by atoms with Gasteiger partial charge in [0.1, 0.15) is 0 Å². The number of carbonyl (C=O) groups is 2. The van der Waals surface area contributed by atoms with Crippen molar-refractivity contribution in [1.29, 1.82) is 0 Å². The number of halogens is 1. The molecule has 24 heavy (non-hydrogen) atoms. The van der Waals surface area contributed by atoms with Gasteiger partial charge in [-0.25, -0.2) is 4.79 Å². The van der Waals surface area contributed by atoms with Gasteiger partial charge >= 0.3 is 6.03 Å². The maximum Gasteiger partial charge on any atom is 0.319 e. The highest BCUT2D eigenvalue weighted by molar-refractivity contribution is 6.30. The Morgan fingerprint density at radius 1 is 1.12 bits per heavy atom. The van der Waals surface area contributed by atoms with Crippen molar-refractivity contribution in [1.82, 2.24) is 5.32 Å². The van der Waals surface area contributed by atoms with Crippen LogP contribution < -0.4 is 15.5 Å². The molecule has 1 unspecified atom stereocenters. The molecule has 2 aromatic rings. The number of rotatable bonds is 4. The van der Waals surface area contributed by atoms with Crippen LogP contribution in [-0.4, -0.2) is 25.0 Å². The zero-order chi connectivity index (χ0) is 16.9. The van der Waals surface area contributed by atoms with E-state index in [4.69, 9.17) is 11.6 Å². The summed E-state index contributed by atoms with van der Waals surface area (Å²) in [5.74, 6) is 0.155. The zero-order valence-corrected chi connectivity index (χ0v) is 13.8. The number of nitrogens with zero attached hydrogens (tertiary/aromatic N) is 1. The molecule has 124 valence electrons. The maximum absolute atomic E-state index is 12.2. The Morgan fingerprint density at radius 2 is 1.83 bits per heavy atom. The number of carbonyl (C=O) groups excluding carboxylic acids is 2. The minimum absolute atomic E-state index is 0.0626. The fourth-order valence-corrected chi connectivity index (χ4v) is 2.85. The molecule has 1 saturated heterocycles. The Kier molecular flexibility index (Phi) is 5.01. The highest BCUT2D eigenvalue weighted by atomic mass is 35.5. The molecular formula is C18H18ClN3O2. The highest BCUT2D eigenvalue weighted by Crippen LogP contribution is 2.25. The molecule has 0 saturated carbocycles. The van der Waals surface area contributed by atoms with Crippen molar-refractivity contribution in [2.45, 2.75) is 6.42 Å². The first-order chi connectivity index (χ1) is 11.6. The lowest BCUT2D eigenvalue weighted by Gasteiger charge is -2.17. The second kappa shape index (κ2) is 7.36. The maximum atomic E-state index is 12.2. The van der Waals surface area contributed by atoms with Crippen LogP contribution in [0.5, 0.6) is 0 Å². The lowest BCUT2D eigenvalue weighted by Crippen LogP contribution is -2.34. The summed E-state index contributed by atoms with van der Waals surface area (Å²) in [6, 6.07) is 16.2. The van der Waals surface area contributed by atoms with Crippen LogP contribution in [0.4, 0.5) is 16.2 Å². The van der Waals surface area contributed by atoms with Crippen LogP contribution in [-0.2, 0) is 4.79 Å². The number of amides is 3. The normalized spacial score (nSPS) is 17.0. The van der Waals surface area contributed by atoms with Gasteiger partial charge in [0.2, 0.25) is 5.91 Å². The monoisotopic (exact) mass is 343 g/mol. The first-order valence-corrected chi connectivity index (χ1v) is 8.15. The Hall–Kier alpha value is -2.53. The van der Waals surface area contributed by atoms with E-state index >= 15 is 0 Å². The van der Waals surface area contributed by atoms with Crippen LogP contribution in [0, 0.1) is 5.92 Å². The second-order valence-corrected chi connectivity index (χ2v) is 6.19. The number of benzene rings is 2. The third-order valence-corrected chi connectivity index (χ3v) is 4.18. The molecule has 3 amide bonds. The number of urea groups is 1. The van der Waals surface area contributed by atoms with E-state index in [1.54, 1.807) is 17.0 Å². The number of para-hydroxylation sites is 1. The summed E-state index contributed by atoms with van der Waals surface area (Å²) < 4.78 is 0. The zero-order valence-electron chi connectivity index (χ0n) is 13.0. The van der Waals surface area contributed by atoms with E-state index in [2.05, 4.69) is 10.6 Å². The van der Waals surface area contributed by atoms with E-state index in [1.165, 1.54) is 0 Å². The molecule has 2 aromatic carbocycles. The highest BCUT2D eigenvalue weighted by Gasteiger charge is 2.30. The van der Waals surface area contributed by atoms with Gasteiger partial charge in [0.15, 0.2) is 0 Å². The minimum Gasteiger partial charge on any atom is -0.338 e. The molecule has 0 aliphatic carbocycles. The van der Waals surface area contributed by atoms with Crippen molar-refractivity contribution in [2.24, 2.45) is 5.92 Å². The van der Waals surface area contributed by atoms with Gasteiger partial charge in [-0.1, -0.05) is 29.8 Å². The Bertz CT molecular complexity index is 719. The summed E-state index contributed by atoms with van der Waals surface area (Å²) in [5, 5.41) is 6.23. The molecule has 5 nitrogen and oxygen atoms in total. The smallest absolute Gasteiger partial charge is 0.319 e. The van der Waals surface area contributed by atoms with Crippen LogP contribution in [0.25, 0.3) is 0 Å². The van der Waals surface area contributed by atoms with Gasteiger partial charge in [-0.05, 0) is 36.4 Å². The van der Waals surface area contributed by atoms with Crippen LogP contribution >= 0.6 is 11.6 Å². The fraction of sp³-hybridized carbons (Fsp3) is 0.222. The second-order valence-electron chi connectivity index (χ2n) is 5.75. The van der Waals surface area contributed by atoms with Crippen molar-refractivity contribution in [3.63, 3.8) is 0 Å². The topological polar surface area (TPSA) is 61.4 Å². The molecule has 6 heteroatoms. The molecule has 0 aromatic heterocycles. The van der Waals surface area contributed by atoms with Crippen LogP contribution in [0.1, 0.15) is 6.42 Å². The standard InChI is InChI=1S/C18H18ClN3O2/c19-14-6-8-16(9-7-14)22-12-13(10-17(22)23)11-20-18(24)21-15-4-2-1-3-5-15/h1-9,13H,10-12H2,(H2,20,21,24). The van der Waals surface area contributed by atoms with Gasteiger partial charge in [-0.15, -0.1) is 0 Å². The molecule has 0 spiro atoms. The SMILES string of the molecule is O=C(NCC1CC(=O)N(c2ccc(Cl)cc2)C1)Nc1ccccc1. The Labute approximate surface area is 145 Å². The first kappa shape index (κ1) is 16.3. The van der Waals surface area contributed by atoms with E-state index in [1.807, 2.05) is 42.5 Å². The molecule has 0 bridgehead atoms. The lowest BCUT2D eigenvalue weighted by molar-refractivity contribution is -0.117. The van der Waals surface area contributed by atoms with Crippen molar-refractivity contribution in [2.75, 3.05) is 23.3 Å². The van der Waals surface area contributed by atoms with Gasteiger partial charge in [0, 0.05) is 41.8 Å². The van der Waals surface area contributed by atoms with Crippen molar-refractivity contribution in [3.05, 3.63) is 59.6 Å². The molecule has 1 fully saturated rings. The van der Waals surface area contributed by atoms with E-state index in [9.17, 15) is 9.59 Å². The molecule has 1 aliphatic rings. The summed E-state index contributed by atoms with van der Waals surface area (Å²) in [4.78, 5) is 25.8. The predicted octanol–water partition coefficient (Wildman–Crippen LogP) is 3.51. The van der Waals surface area contributed by atoms with E-state index < -0.39 is 0 Å². The van der Waals surface area contributed by atoms with E-state index in [-0.39, 0.29) is 17.9 Å². The Morgan fingerprint density at radius 3 is 2.54 bits per heavy atom. The summed E-state index contributed by atoms with van der Waals surface area (Å²) in [5.41, 5.74) is 1.57. The largest absolute Gasteiger partial charge is 0.338 e. The van der Waals surface area contributed by atoms with Gasteiger partial charge < -0.3 is 15.5 Å². The van der Waals surface area contributed by atoms with Crippen LogP contribution in [0.3, 0.4) is 0 Å². The van der Waals surface area contributed by atoms with Crippen molar-refractivity contribution < 1.29 is 9.59 Å². The molecule has 2 N–H and O–H groups in total. The van der Waals surface area contributed by atoms with Gasteiger partial charge in [-0.2, -0.15) is 0 Å². The van der Waals surface area contributed by atoms with Crippen LogP contribution in [0.15, 0.2) is 54.6 Å². The molecular weight excluding hydrogens is 326 g/mol. The molecule has 3 rings (SSSR count).